The van der Waals surface area contributed by atoms with Crippen LogP contribution in [0.5, 0.6) is 0 Å². The van der Waals surface area contributed by atoms with Gasteiger partial charge in [0, 0.05) is 17.3 Å². The number of hydrogen-bond donors (Lipinski definition) is 2. The number of benzene rings is 2. The van der Waals surface area contributed by atoms with Crippen LogP contribution in [0.15, 0.2) is 48.5 Å². The lowest BCUT2D eigenvalue weighted by atomic mass is 10.1. The first kappa shape index (κ1) is 15.2. The summed E-state index contributed by atoms with van der Waals surface area (Å²) in [5.74, 6) is -0.734. The molecular weight excluding hydrogens is 267 g/mol. The lowest BCUT2D eigenvalue weighted by Gasteiger charge is -2.17. The van der Waals surface area contributed by atoms with Crippen molar-refractivity contribution in [2.24, 2.45) is 0 Å². The van der Waals surface area contributed by atoms with E-state index in [1.165, 1.54) is 18.2 Å². The van der Waals surface area contributed by atoms with Crippen LogP contribution in [0.1, 0.15) is 35.8 Å². The van der Waals surface area contributed by atoms with E-state index in [9.17, 15) is 9.18 Å². The van der Waals surface area contributed by atoms with Gasteiger partial charge in [-0.1, -0.05) is 31.2 Å². The fraction of sp³-hybridized carbons (Fsp3) is 0.235. The van der Waals surface area contributed by atoms with Gasteiger partial charge in [0.25, 0.3) is 5.91 Å². The van der Waals surface area contributed by atoms with Crippen LogP contribution in [-0.2, 0) is 0 Å². The second-order valence-electron chi connectivity index (χ2n) is 4.83. The minimum Gasteiger partial charge on any atom is -0.322 e. The third-order valence-corrected chi connectivity index (χ3v) is 3.27. The number of halogens is 1. The molecule has 0 bridgehead atoms. The number of para-hydroxylation sites is 1. The predicted molar refractivity (Wildman–Crippen MR) is 82.9 cm³/mol. The van der Waals surface area contributed by atoms with Crippen molar-refractivity contribution in [1.29, 1.82) is 0 Å². The lowest BCUT2D eigenvalue weighted by Crippen LogP contribution is -2.20. The molecule has 0 radical (unpaired) electrons. The van der Waals surface area contributed by atoms with Crippen LogP contribution in [0.25, 0.3) is 0 Å². The lowest BCUT2D eigenvalue weighted by molar-refractivity contribution is 0.102. The molecule has 0 aliphatic carbocycles. The van der Waals surface area contributed by atoms with Gasteiger partial charge < -0.3 is 10.6 Å². The summed E-state index contributed by atoms with van der Waals surface area (Å²) in [5, 5.41) is 6.16. The Labute approximate surface area is 124 Å². The van der Waals surface area contributed by atoms with Gasteiger partial charge in [-0.2, -0.15) is 0 Å². The first-order chi connectivity index (χ1) is 10.1. The first-order valence-corrected chi connectivity index (χ1v) is 7.01. The quantitative estimate of drug-likeness (QED) is 0.879. The van der Waals surface area contributed by atoms with Crippen molar-refractivity contribution in [2.75, 3.05) is 11.9 Å². The average molecular weight is 286 g/mol. The second-order valence-corrected chi connectivity index (χ2v) is 4.83. The summed E-state index contributed by atoms with van der Waals surface area (Å²) in [6.07, 6.45) is 0. The maximum atomic E-state index is 13.2. The summed E-state index contributed by atoms with van der Waals surface area (Å²) < 4.78 is 13.2. The van der Waals surface area contributed by atoms with E-state index in [4.69, 9.17) is 0 Å². The summed E-state index contributed by atoms with van der Waals surface area (Å²) in [6, 6.07) is 13.4. The summed E-state index contributed by atoms with van der Waals surface area (Å²) in [5.41, 5.74) is 2.05. The van der Waals surface area contributed by atoms with E-state index in [1.54, 1.807) is 6.07 Å². The Bertz CT molecular complexity index is 628. The van der Waals surface area contributed by atoms with Crippen LogP contribution < -0.4 is 10.6 Å². The number of rotatable bonds is 5. The molecule has 0 fully saturated rings. The Morgan fingerprint density at radius 1 is 1.19 bits per heavy atom. The fourth-order valence-corrected chi connectivity index (χ4v) is 2.23. The second kappa shape index (κ2) is 6.99. The topological polar surface area (TPSA) is 41.1 Å². The monoisotopic (exact) mass is 286 g/mol. The average Bonchev–Trinajstić information content (AvgIpc) is 2.48. The Hall–Kier alpha value is -2.20. The summed E-state index contributed by atoms with van der Waals surface area (Å²) in [6.45, 7) is 4.91. The standard InChI is InChI=1S/C17H19FN2O/c1-3-19-12(2)15-9-4-5-10-16(15)20-17(21)13-7-6-8-14(18)11-13/h4-12,19H,3H2,1-2H3,(H,20,21). The Kier molecular flexibility index (Phi) is 5.06. The van der Waals surface area contributed by atoms with E-state index in [1.807, 2.05) is 38.1 Å². The largest absolute Gasteiger partial charge is 0.322 e. The van der Waals surface area contributed by atoms with Crippen LogP contribution in [0.2, 0.25) is 0 Å². The van der Waals surface area contributed by atoms with Crippen LogP contribution in [-0.4, -0.2) is 12.5 Å². The van der Waals surface area contributed by atoms with E-state index >= 15 is 0 Å². The zero-order valence-corrected chi connectivity index (χ0v) is 12.2. The molecule has 2 aromatic rings. The molecule has 0 heterocycles. The Morgan fingerprint density at radius 2 is 1.95 bits per heavy atom. The van der Waals surface area contributed by atoms with E-state index in [0.29, 0.717) is 5.56 Å². The van der Waals surface area contributed by atoms with Crippen molar-refractivity contribution < 1.29 is 9.18 Å². The molecule has 1 amide bonds. The van der Waals surface area contributed by atoms with Gasteiger partial charge in [-0.25, -0.2) is 4.39 Å². The number of hydrogen-bond acceptors (Lipinski definition) is 2. The number of carbonyl (C=O) groups excluding carboxylic acids is 1. The van der Waals surface area contributed by atoms with E-state index in [2.05, 4.69) is 10.6 Å². The van der Waals surface area contributed by atoms with Gasteiger partial charge in [0.2, 0.25) is 0 Å². The molecule has 2 N–H and O–H groups in total. The highest BCUT2D eigenvalue weighted by Crippen LogP contribution is 2.23. The first-order valence-electron chi connectivity index (χ1n) is 7.01. The van der Waals surface area contributed by atoms with Crippen molar-refractivity contribution in [3.63, 3.8) is 0 Å². The van der Waals surface area contributed by atoms with Crippen molar-refractivity contribution in [1.82, 2.24) is 5.32 Å². The molecular formula is C17H19FN2O. The molecule has 1 unspecified atom stereocenters. The third-order valence-electron chi connectivity index (χ3n) is 3.27. The molecule has 0 saturated carbocycles. The van der Waals surface area contributed by atoms with Crippen LogP contribution in [0.4, 0.5) is 10.1 Å². The number of nitrogens with one attached hydrogen (secondary N) is 2. The number of carbonyl (C=O) groups is 1. The summed E-state index contributed by atoms with van der Waals surface area (Å²) in [4.78, 5) is 12.2. The van der Waals surface area contributed by atoms with Crippen molar-refractivity contribution >= 4 is 11.6 Å². The van der Waals surface area contributed by atoms with E-state index < -0.39 is 5.82 Å². The molecule has 110 valence electrons. The number of amides is 1. The molecule has 0 aliphatic heterocycles. The minimum atomic E-state index is -0.419. The van der Waals surface area contributed by atoms with Crippen LogP contribution in [0, 0.1) is 5.82 Å². The molecule has 2 aromatic carbocycles. The molecule has 3 nitrogen and oxygen atoms in total. The molecule has 0 spiro atoms. The smallest absolute Gasteiger partial charge is 0.255 e. The molecule has 2 rings (SSSR count). The highest BCUT2D eigenvalue weighted by molar-refractivity contribution is 6.04. The van der Waals surface area contributed by atoms with E-state index in [0.717, 1.165) is 17.8 Å². The summed E-state index contributed by atoms with van der Waals surface area (Å²) >= 11 is 0. The van der Waals surface area contributed by atoms with Crippen molar-refractivity contribution in [3.8, 4) is 0 Å². The minimum absolute atomic E-state index is 0.124. The normalized spacial score (nSPS) is 12.0. The van der Waals surface area contributed by atoms with Gasteiger partial charge in [0.1, 0.15) is 5.82 Å². The maximum Gasteiger partial charge on any atom is 0.255 e. The molecule has 21 heavy (non-hydrogen) atoms. The Balaban J connectivity index is 2.21. The van der Waals surface area contributed by atoms with E-state index in [-0.39, 0.29) is 11.9 Å². The SMILES string of the molecule is CCNC(C)c1ccccc1NC(=O)c1cccc(F)c1. The highest BCUT2D eigenvalue weighted by Gasteiger charge is 2.12. The molecule has 0 saturated heterocycles. The molecule has 1 atom stereocenters. The Morgan fingerprint density at radius 3 is 2.67 bits per heavy atom. The molecule has 4 heteroatoms. The van der Waals surface area contributed by atoms with Gasteiger partial charge in [0.15, 0.2) is 0 Å². The van der Waals surface area contributed by atoms with Gasteiger partial charge >= 0.3 is 0 Å². The van der Waals surface area contributed by atoms with Crippen LogP contribution in [0.3, 0.4) is 0 Å². The maximum absolute atomic E-state index is 13.2. The van der Waals surface area contributed by atoms with Gasteiger partial charge in [0.05, 0.1) is 0 Å². The van der Waals surface area contributed by atoms with Gasteiger partial charge in [-0.15, -0.1) is 0 Å². The zero-order chi connectivity index (χ0) is 15.2. The third kappa shape index (κ3) is 3.89. The summed E-state index contributed by atoms with van der Waals surface area (Å²) in [7, 11) is 0. The van der Waals surface area contributed by atoms with Gasteiger partial charge in [-0.05, 0) is 43.3 Å². The molecule has 0 aromatic heterocycles. The van der Waals surface area contributed by atoms with Crippen molar-refractivity contribution in [3.05, 3.63) is 65.5 Å². The predicted octanol–water partition coefficient (Wildman–Crippen LogP) is 3.75. The zero-order valence-electron chi connectivity index (χ0n) is 12.2. The molecule has 0 aliphatic rings. The van der Waals surface area contributed by atoms with Gasteiger partial charge in [-0.3, -0.25) is 4.79 Å². The van der Waals surface area contributed by atoms with Crippen LogP contribution >= 0.6 is 0 Å². The fourth-order valence-electron chi connectivity index (χ4n) is 2.23. The van der Waals surface area contributed by atoms with Crippen molar-refractivity contribution in [2.45, 2.75) is 19.9 Å². The highest BCUT2D eigenvalue weighted by atomic mass is 19.1. The number of anilines is 1.